The highest BCUT2D eigenvalue weighted by molar-refractivity contribution is 6.02. The fraction of sp³-hybridized carbons (Fsp3) is 0.353. The van der Waals surface area contributed by atoms with Crippen LogP contribution < -0.4 is 10.6 Å². The number of aromatic nitrogens is 6. The first kappa shape index (κ1) is 22.0. The Morgan fingerprint density at radius 1 is 1.23 bits per heavy atom. The molecule has 11 nitrogen and oxygen atoms in total. The lowest BCUT2D eigenvalue weighted by Gasteiger charge is -2.17. The van der Waals surface area contributed by atoms with E-state index in [9.17, 15) is 18.0 Å². The van der Waals surface area contributed by atoms with E-state index in [1.807, 2.05) is 21.5 Å². The van der Waals surface area contributed by atoms with Crippen LogP contribution in [0.4, 0.5) is 19.0 Å². The van der Waals surface area contributed by atoms with Gasteiger partial charge in [0, 0.05) is 31.7 Å². The lowest BCUT2D eigenvalue weighted by atomic mass is 10.4. The molecule has 3 aromatic heterocycles. The molecule has 1 aliphatic heterocycles. The van der Waals surface area contributed by atoms with E-state index in [-0.39, 0.29) is 5.91 Å². The summed E-state index contributed by atoms with van der Waals surface area (Å²) in [6, 6.07) is 3.59. The summed E-state index contributed by atoms with van der Waals surface area (Å²) in [6.45, 7) is 3.75. The molecule has 31 heavy (non-hydrogen) atoms. The van der Waals surface area contributed by atoms with E-state index in [1.54, 1.807) is 29.3 Å². The number of hydrogen-bond acceptors (Lipinski definition) is 6. The number of nitrogens with zero attached hydrogens (tertiary/aromatic N) is 6. The van der Waals surface area contributed by atoms with Gasteiger partial charge in [0.05, 0.1) is 25.8 Å². The van der Waals surface area contributed by atoms with Gasteiger partial charge in [-0.05, 0) is 12.1 Å². The van der Waals surface area contributed by atoms with E-state index >= 15 is 0 Å². The number of carboxylic acid groups (broad SMARTS) is 1. The van der Waals surface area contributed by atoms with E-state index in [1.165, 1.54) is 0 Å². The Hall–Kier alpha value is -3.68. The molecule has 0 saturated carbocycles. The Balaban J connectivity index is 0.000000339. The first-order valence-electron chi connectivity index (χ1n) is 9.11. The number of nitrogens with one attached hydrogen (secondary N) is 2. The topological polar surface area (TPSA) is 132 Å². The molecule has 0 aliphatic carbocycles. The fourth-order valence-electron chi connectivity index (χ4n) is 2.72. The molecule has 4 heterocycles. The molecule has 4 rings (SSSR count). The summed E-state index contributed by atoms with van der Waals surface area (Å²) in [4.78, 5) is 25.6. The number of fused-ring (bicyclic) bond motifs is 1. The van der Waals surface area contributed by atoms with Crippen molar-refractivity contribution in [3.05, 3.63) is 48.4 Å². The molecule has 0 saturated heterocycles. The van der Waals surface area contributed by atoms with Gasteiger partial charge in [-0.1, -0.05) is 0 Å². The molecule has 3 N–H and O–H groups in total. The molecule has 14 heteroatoms. The summed E-state index contributed by atoms with van der Waals surface area (Å²) in [5.74, 6) is -1.34. The molecule has 0 bridgehead atoms. The summed E-state index contributed by atoms with van der Waals surface area (Å²) in [6.07, 6.45) is 2.04. The first-order chi connectivity index (χ1) is 14.7. The third kappa shape index (κ3) is 5.91. The number of aryl methyl sites for hydroxylation is 2. The zero-order chi connectivity index (χ0) is 22.4. The third-order valence-corrected chi connectivity index (χ3v) is 4.21. The van der Waals surface area contributed by atoms with Crippen LogP contribution in [0.2, 0.25) is 0 Å². The summed E-state index contributed by atoms with van der Waals surface area (Å²) in [5, 5.41) is 21.7. The number of hydrogen-bond donors (Lipinski definition) is 3. The summed E-state index contributed by atoms with van der Waals surface area (Å²) >= 11 is 0. The Bertz CT molecular complexity index is 1030. The van der Waals surface area contributed by atoms with Crippen LogP contribution in [0.25, 0.3) is 0 Å². The molecule has 1 aliphatic rings. The highest BCUT2D eigenvalue weighted by Gasteiger charge is 2.38. The third-order valence-electron chi connectivity index (χ3n) is 4.21. The highest BCUT2D eigenvalue weighted by Crippen LogP contribution is 2.15. The molecule has 0 unspecified atom stereocenters. The van der Waals surface area contributed by atoms with Crippen molar-refractivity contribution in [1.29, 1.82) is 0 Å². The fourth-order valence-corrected chi connectivity index (χ4v) is 2.72. The van der Waals surface area contributed by atoms with Crippen molar-refractivity contribution in [3.63, 3.8) is 0 Å². The average molecular weight is 440 g/mol. The molecule has 3 aromatic rings. The van der Waals surface area contributed by atoms with Gasteiger partial charge in [0.15, 0.2) is 5.69 Å². The van der Waals surface area contributed by atoms with E-state index in [4.69, 9.17) is 9.90 Å². The number of rotatable bonds is 5. The normalized spacial score (nSPS) is 13.1. The van der Waals surface area contributed by atoms with Crippen LogP contribution >= 0.6 is 0 Å². The predicted octanol–water partition coefficient (Wildman–Crippen LogP) is 0.965. The smallest absolute Gasteiger partial charge is 0.475 e. The van der Waals surface area contributed by atoms with Crippen LogP contribution in [0, 0.1) is 0 Å². The van der Waals surface area contributed by atoms with E-state index < -0.39 is 12.1 Å². The molecule has 1 amide bonds. The zero-order valence-corrected chi connectivity index (χ0v) is 16.1. The Labute approximate surface area is 173 Å². The number of imidazole rings is 1. The van der Waals surface area contributed by atoms with Crippen molar-refractivity contribution < 1.29 is 27.9 Å². The van der Waals surface area contributed by atoms with Crippen molar-refractivity contribution in [2.75, 3.05) is 11.9 Å². The zero-order valence-electron chi connectivity index (χ0n) is 16.1. The van der Waals surface area contributed by atoms with Gasteiger partial charge in [-0.15, -0.1) is 0 Å². The lowest BCUT2D eigenvalue weighted by molar-refractivity contribution is -0.192. The number of halogens is 3. The van der Waals surface area contributed by atoms with Crippen molar-refractivity contribution in [3.8, 4) is 0 Å². The van der Waals surface area contributed by atoms with Gasteiger partial charge in [0.1, 0.15) is 11.6 Å². The summed E-state index contributed by atoms with van der Waals surface area (Å²) < 4.78 is 37.3. The Kier molecular flexibility index (Phi) is 6.69. The van der Waals surface area contributed by atoms with Crippen LogP contribution in [0.1, 0.15) is 16.3 Å². The number of carbonyl (C=O) groups excluding carboxylic acids is 1. The van der Waals surface area contributed by atoms with Crippen molar-refractivity contribution in [2.45, 2.75) is 32.4 Å². The van der Waals surface area contributed by atoms with Crippen LogP contribution in [0.15, 0.2) is 36.9 Å². The molecule has 0 radical (unpaired) electrons. The second kappa shape index (κ2) is 9.42. The quantitative estimate of drug-likeness (QED) is 0.539. The minimum absolute atomic E-state index is 0.228. The number of amides is 1. The van der Waals surface area contributed by atoms with Crippen LogP contribution in [-0.2, 0) is 31.0 Å². The summed E-state index contributed by atoms with van der Waals surface area (Å²) in [7, 11) is 0. The van der Waals surface area contributed by atoms with Gasteiger partial charge in [-0.2, -0.15) is 23.4 Å². The number of carboxylic acids is 1. The second-order valence-corrected chi connectivity index (χ2v) is 6.38. The minimum Gasteiger partial charge on any atom is -0.475 e. The van der Waals surface area contributed by atoms with Gasteiger partial charge < -0.3 is 20.3 Å². The highest BCUT2D eigenvalue weighted by atomic mass is 19.4. The molecular formula is C17H19F3N8O3. The SMILES string of the molecule is O=C(Nc1cnc2n1CCNC2)c1ccn(CCn2cccn2)n1.O=C(O)C(F)(F)F. The van der Waals surface area contributed by atoms with Crippen LogP contribution in [-0.4, -0.2) is 58.8 Å². The van der Waals surface area contributed by atoms with Gasteiger partial charge in [0.2, 0.25) is 0 Å². The number of alkyl halides is 3. The molecule has 166 valence electrons. The number of aliphatic carboxylic acids is 1. The second-order valence-electron chi connectivity index (χ2n) is 6.38. The number of carbonyl (C=O) groups is 2. The first-order valence-corrected chi connectivity index (χ1v) is 9.11. The lowest BCUT2D eigenvalue weighted by Crippen LogP contribution is -2.29. The Morgan fingerprint density at radius 3 is 2.65 bits per heavy atom. The molecule has 0 fully saturated rings. The van der Waals surface area contributed by atoms with Crippen molar-refractivity contribution in [2.24, 2.45) is 0 Å². The number of anilines is 1. The Morgan fingerprint density at radius 2 is 1.97 bits per heavy atom. The maximum atomic E-state index is 12.4. The monoisotopic (exact) mass is 440 g/mol. The largest absolute Gasteiger partial charge is 0.490 e. The van der Waals surface area contributed by atoms with E-state index in [2.05, 4.69) is 25.8 Å². The minimum atomic E-state index is -5.08. The standard InChI is InChI=1S/C15H18N8O.C2HF3O2/c24-15(19-14-11-17-13-10-16-4-7-23(13)14)12-2-6-22(20-12)9-8-21-5-1-3-18-21;3-2(4,5)1(6)7/h1-3,5-6,11,16H,4,7-10H2,(H,19,24);(H,6,7). The molecule has 0 atom stereocenters. The molecular weight excluding hydrogens is 421 g/mol. The summed E-state index contributed by atoms with van der Waals surface area (Å²) in [5.41, 5.74) is 0.389. The van der Waals surface area contributed by atoms with Crippen molar-refractivity contribution >= 4 is 17.7 Å². The van der Waals surface area contributed by atoms with E-state index in [0.29, 0.717) is 24.6 Å². The van der Waals surface area contributed by atoms with Crippen molar-refractivity contribution in [1.82, 2.24) is 34.4 Å². The van der Waals surface area contributed by atoms with Gasteiger partial charge >= 0.3 is 12.1 Å². The van der Waals surface area contributed by atoms with E-state index in [0.717, 1.165) is 25.5 Å². The molecule has 0 aromatic carbocycles. The molecule has 0 spiro atoms. The van der Waals surface area contributed by atoms with Crippen LogP contribution in [0.3, 0.4) is 0 Å². The van der Waals surface area contributed by atoms with Gasteiger partial charge in [-0.3, -0.25) is 14.2 Å². The average Bonchev–Trinajstić information content (AvgIpc) is 3.47. The van der Waals surface area contributed by atoms with Gasteiger partial charge in [-0.25, -0.2) is 9.78 Å². The van der Waals surface area contributed by atoms with Gasteiger partial charge in [0.25, 0.3) is 5.91 Å². The predicted molar refractivity (Wildman–Crippen MR) is 100 cm³/mol. The van der Waals surface area contributed by atoms with Crippen LogP contribution in [0.5, 0.6) is 0 Å². The maximum absolute atomic E-state index is 12.4. The maximum Gasteiger partial charge on any atom is 0.490 e.